The maximum Gasteiger partial charge on any atom is 0.309 e. The molecule has 0 amide bonds. The molecule has 0 aromatic heterocycles. The lowest BCUT2D eigenvalue weighted by molar-refractivity contribution is -0.145. The molecule has 0 fully saturated rings. The van der Waals surface area contributed by atoms with Crippen LogP contribution in [0.2, 0.25) is 0 Å². The van der Waals surface area contributed by atoms with E-state index in [4.69, 9.17) is 5.11 Å². The standard InChI is InChI=1S/C10H9F3O2/c1-6-2-3-7(4-8(6)11)10(12,13)5-9(14)15/h2-4H,5H2,1H3,(H,14,15). The maximum atomic E-state index is 13.2. The summed E-state index contributed by atoms with van der Waals surface area (Å²) in [6, 6.07) is 2.89. The van der Waals surface area contributed by atoms with Gasteiger partial charge in [0.15, 0.2) is 0 Å². The molecule has 2 nitrogen and oxygen atoms in total. The first-order chi connectivity index (χ1) is 6.83. The fraction of sp³-hybridized carbons (Fsp3) is 0.300. The van der Waals surface area contributed by atoms with Crippen molar-refractivity contribution in [3.8, 4) is 0 Å². The predicted molar refractivity (Wildman–Crippen MR) is 47.3 cm³/mol. The van der Waals surface area contributed by atoms with Crippen molar-refractivity contribution < 1.29 is 23.1 Å². The third-order valence-corrected chi connectivity index (χ3v) is 1.97. The number of hydrogen-bond acceptors (Lipinski definition) is 1. The largest absolute Gasteiger partial charge is 0.481 e. The van der Waals surface area contributed by atoms with E-state index in [2.05, 4.69) is 0 Å². The molecule has 5 heteroatoms. The van der Waals surface area contributed by atoms with Crippen LogP contribution in [0.1, 0.15) is 17.5 Å². The van der Waals surface area contributed by atoms with E-state index in [1.807, 2.05) is 0 Å². The van der Waals surface area contributed by atoms with E-state index in [9.17, 15) is 18.0 Å². The highest BCUT2D eigenvalue weighted by Gasteiger charge is 2.34. The molecule has 0 spiro atoms. The molecule has 0 aliphatic heterocycles. The summed E-state index contributed by atoms with van der Waals surface area (Å²) in [5.74, 6) is -5.93. The molecular weight excluding hydrogens is 209 g/mol. The van der Waals surface area contributed by atoms with Crippen LogP contribution in [0.3, 0.4) is 0 Å². The maximum absolute atomic E-state index is 13.2. The molecule has 1 aromatic rings. The minimum absolute atomic E-state index is 0.241. The van der Waals surface area contributed by atoms with Crippen LogP contribution in [-0.4, -0.2) is 11.1 Å². The highest BCUT2D eigenvalue weighted by molar-refractivity contribution is 5.68. The summed E-state index contributed by atoms with van der Waals surface area (Å²) in [4.78, 5) is 10.2. The summed E-state index contributed by atoms with van der Waals surface area (Å²) >= 11 is 0. The van der Waals surface area contributed by atoms with Crippen LogP contribution in [0.15, 0.2) is 18.2 Å². The van der Waals surface area contributed by atoms with Crippen molar-refractivity contribution in [2.75, 3.05) is 0 Å². The summed E-state index contributed by atoms with van der Waals surface area (Å²) in [5.41, 5.74) is -0.377. The fourth-order valence-corrected chi connectivity index (χ4v) is 1.11. The van der Waals surface area contributed by atoms with Gasteiger partial charge in [-0.1, -0.05) is 12.1 Å². The number of aryl methyl sites for hydroxylation is 1. The Balaban J connectivity index is 3.04. The van der Waals surface area contributed by atoms with Gasteiger partial charge < -0.3 is 5.11 Å². The van der Waals surface area contributed by atoms with Crippen molar-refractivity contribution in [3.63, 3.8) is 0 Å². The zero-order chi connectivity index (χ0) is 11.6. The van der Waals surface area contributed by atoms with Gasteiger partial charge in [-0.3, -0.25) is 4.79 Å². The van der Waals surface area contributed by atoms with Gasteiger partial charge in [0.2, 0.25) is 0 Å². The van der Waals surface area contributed by atoms with E-state index in [0.29, 0.717) is 6.07 Å². The Kier molecular flexibility index (Phi) is 3.02. The monoisotopic (exact) mass is 218 g/mol. The van der Waals surface area contributed by atoms with Gasteiger partial charge in [0.25, 0.3) is 5.92 Å². The molecule has 0 unspecified atom stereocenters. The van der Waals surface area contributed by atoms with Gasteiger partial charge in [-0.15, -0.1) is 0 Å². The van der Waals surface area contributed by atoms with Crippen LogP contribution in [0.5, 0.6) is 0 Å². The average Bonchev–Trinajstić information content (AvgIpc) is 2.07. The number of benzene rings is 1. The lowest BCUT2D eigenvalue weighted by Crippen LogP contribution is -2.18. The summed E-state index contributed by atoms with van der Waals surface area (Å²) in [5, 5.41) is 8.26. The van der Waals surface area contributed by atoms with Crippen LogP contribution in [0.4, 0.5) is 13.2 Å². The van der Waals surface area contributed by atoms with Gasteiger partial charge in [0.1, 0.15) is 12.2 Å². The van der Waals surface area contributed by atoms with Gasteiger partial charge in [-0.05, 0) is 18.6 Å². The highest BCUT2D eigenvalue weighted by Crippen LogP contribution is 2.32. The topological polar surface area (TPSA) is 37.3 Å². The highest BCUT2D eigenvalue weighted by atomic mass is 19.3. The first-order valence-electron chi connectivity index (χ1n) is 4.19. The normalized spacial score (nSPS) is 11.5. The second-order valence-corrected chi connectivity index (χ2v) is 3.24. The number of hydrogen-bond donors (Lipinski definition) is 1. The lowest BCUT2D eigenvalue weighted by atomic mass is 10.0. The SMILES string of the molecule is Cc1ccc(C(F)(F)CC(=O)O)cc1F. The quantitative estimate of drug-likeness (QED) is 0.846. The molecule has 15 heavy (non-hydrogen) atoms. The van der Waals surface area contributed by atoms with Gasteiger partial charge >= 0.3 is 5.97 Å². The van der Waals surface area contributed by atoms with Gasteiger partial charge in [0.05, 0.1) is 0 Å². The molecule has 1 rings (SSSR count). The van der Waals surface area contributed by atoms with Gasteiger partial charge in [0, 0.05) is 5.56 Å². The smallest absolute Gasteiger partial charge is 0.309 e. The van der Waals surface area contributed by atoms with E-state index in [0.717, 1.165) is 6.07 Å². The summed E-state index contributed by atoms with van der Waals surface area (Å²) in [6.07, 6.45) is -1.34. The van der Waals surface area contributed by atoms with Gasteiger partial charge in [-0.25, -0.2) is 13.2 Å². The van der Waals surface area contributed by atoms with Crippen LogP contribution in [0, 0.1) is 12.7 Å². The van der Waals surface area contributed by atoms with E-state index >= 15 is 0 Å². The third-order valence-electron chi connectivity index (χ3n) is 1.97. The van der Waals surface area contributed by atoms with E-state index in [1.54, 1.807) is 0 Å². The number of carbonyl (C=O) groups is 1. The number of halogens is 3. The average molecular weight is 218 g/mol. The number of carboxylic acids is 1. The molecule has 0 aliphatic carbocycles. The molecule has 0 heterocycles. The van der Waals surface area contributed by atoms with Crippen LogP contribution in [-0.2, 0) is 10.7 Å². The zero-order valence-electron chi connectivity index (χ0n) is 7.93. The first-order valence-corrected chi connectivity index (χ1v) is 4.19. The minimum Gasteiger partial charge on any atom is -0.481 e. The Morgan fingerprint density at radius 2 is 2.07 bits per heavy atom. The Labute approximate surface area is 84.3 Å². The minimum atomic E-state index is -3.54. The van der Waals surface area contributed by atoms with Gasteiger partial charge in [-0.2, -0.15) is 0 Å². The number of aliphatic carboxylic acids is 1. The van der Waals surface area contributed by atoms with Crippen LogP contribution >= 0.6 is 0 Å². The number of carboxylic acid groups (broad SMARTS) is 1. The van der Waals surface area contributed by atoms with E-state index in [1.165, 1.54) is 13.0 Å². The molecular formula is C10H9F3O2. The Morgan fingerprint density at radius 3 is 2.53 bits per heavy atom. The van der Waals surface area contributed by atoms with E-state index < -0.39 is 29.7 Å². The summed E-state index contributed by atoms with van der Waals surface area (Å²) < 4.78 is 39.3. The lowest BCUT2D eigenvalue weighted by Gasteiger charge is -2.14. The molecule has 0 aliphatic rings. The first kappa shape index (κ1) is 11.6. The second-order valence-electron chi connectivity index (χ2n) is 3.24. The van der Waals surface area contributed by atoms with Crippen LogP contribution in [0.25, 0.3) is 0 Å². The van der Waals surface area contributed by atoms with Crippen molar-refractivity contribution in [2.45, 2.75) is 19.3 Å². The molecule has 82 valence electrons. The molecule has 0 saturated heterocycles. The van der Waals surface area contributed by atoms with Crippen LogP contribution < -0.4 is 0 Å². The Bertz CT molecular complexity index is 388. The Hall–Kier alpha value is -1.52. The number of rotatable bonds is 3. The molecule has 0 bridgehead atoms. The fourth-order valence-electron chi connectivity index (χ4n) is 1.11. The van der Waals surface area contributed by atoms with Crippen molar-refractivity contribution in [1.82, 2.24) is 0 Å². The van der Waals surface area contributed by atoms with E-state index in [-0.39, 0.29) is 5.56 Å². The third kappa shape index (κ3) is 2.71. The molecule has 0 saturated carbocycles. The second kappa shape index (κ2) is 3.92. The summed E-state index contributed by atoms with van der Waals surface area (Å²) in [7, 11) is 0. The predicted octanol–water partition coefficient (Wildman–Crippen LogP) is 2.70. The van der Waals surface area contributed by atoms with Crippen molar-refractivity contribution >= 4 is 5.97 Å². The molecule has 0 atom stereocenters. The van der Waals surface area contributed by atoms with Crippen molar-refractivity contribution in [3.05, 3.63) is 35.1 Å². The Morgan fingerprint density at radius 1 is 1.47 bits per heavy atom. The molecule has 1 aromatic carbocycles. The van der Waals surface area contributed by atoms with Crippen molar-refractivity contribution in [2.24, 2.45) is 0 Å². The molecule has 0 radical (unpaired) electrons. The van der Waals surface area contributed by atoms with Crippen molar-refractivity contribution in [1.29, 1.82) is 0 Å². The molecule has 1 N–H and O–H groups in total. The zero-order valence-corrected chi connectivity index (χ0v) is 7.93. The number of alkyl halides is 2. The summed E-state index contributed by atoms with van der Waals surface area (Å²) in [6.45, 7) is 1.44.